The summed E-state index contributed by atoms with van der Waals surface area (Å²) in [7, 11) is 0. The molecule has 0 spiro atoms. The van der Waals surface area contributed by atoms with Gasteiger partial charge in [0.2, 0.25) is 6.29 Å². The van der Waals surface area contributed by atoms with Crippen molar-refractivity contribution in [2.45, 2.75) is 59.2 Å². The van der Waals surface area contributed by atoms with Crippen molar-refractivity contribution in [3.63, 3.8) is 0 Å². The molecule has 0 amide bonds. The van der Waals surface area contributed by atoms with Crippen LogP contribution < -0.4 is 0 Å². The van der Waals surface area contributed by atoms with E-state index < -0.39 is 42.5 Å². The molecule has 0 saturated carbocycles. The van der Waals surface area contributed by atoms with Gasteiger partial charge < -0.3 is 33.9 Å². The lowest BCUT2D eigenvalue weighted by Crippen LogP contribution is -2.31. The van der Waals surface area contributed by atoms with Crippen molar-refractivity contribution in [1.82, 2.24) is 0 Å². The Balaban J connectivity index is 4.51. The Bertz CT molecular complexity index is 422. The Morgan fingerprint density at radius 2 is 1.19 bits per heavy atom. The lowest BCUT2D eigenvalue weighted by Gasteiger charge is -2.19. The topological polar surface area (TPSA) is 138 Å². The van der Waals surface area contributed by atoms with Crippen LogP contribution in [-0.2, 0) is 33.3 Å². The highest BCUT2D eigenvalue weighted by Crippen LogP contribution is 2.06. The number of ether oxygens (including phenoxy) is 5. The average molecular weight is 380 g/mol. The molecule has 0 fully saturated rings. The summed E-state index contributed by atoms with van der Waals surface area (Å²) in [6, 6.07) is 0. The van der Waals surface area contributed by atoms with E-state index >= 15 is 0 Å². The zero-order valence-corrected chi connectivity index (χ0v) is 15.7. The van der Waals surface area contributed by atoms with Gasteiger partial charge in [-0.15, -0.1) is 0 Å². The Labute approximate surface area is 152 Å². The van der Waals surface area contributed by atoms with Crippen LogP contribution in [0.25, 0.3) is 0 Å². The Morgan fingerprint density at radius 1 is 0.769 bits per heavy atom. The Kier molecular flexibility index (Phi) is 11.5. The van der Waals surface area contributed by atoms with Crippen LogP contribution >= 0.6 is 0 Å². The molecule has 2 N–H and O–H groups in total. The molecule has 0 bridgehead atoms. The first kappa shape index (κ1) is 24.1. The predicted octanol–water partition coefficient (Wildman–Crippen LogP) is 0.375. The van der Waals surface area contributed by atoms with Crippen LogP contribution in [0.5, 0.6) is 0 Å². The van der Waals surface area contributed by atoms with E-state index in [1.807, 2.05) is 0 Å². The standard InChI is InChI=1S/C16H28O10/c1-9(2)25-12(5)26-16(21)24-8-13(6-22-14(19)10(3)17)7-23-15(20)11(4)18/h9-13,17-18H,6-8H2,1-5H3. The van der Waals surface area contributed by atoms with Crippen molar-refractivity contribution in [2.24, 2.45) is 5.92 Å². The minimum atomic E-state index is -1.32. The summed E-state index contributed by atoms with van der Waals surface area (Å²) in [6.45, 7) is 6.69. The lowest BCUT2D eigenvalue weighted by molar-refractivity contribution is -0.159. The van der Waals surface area contributed by atoms with E-state index in [4.69, 9.17) is 33.9 Å². The molecule has 26 heavy (non-hydrogen) atoms. The summed E-state index contributed by atoms with van der Waals surface area (Å²) < 4.78 is 24.6. The second-order valence-electron chi connectivity index (χ2n) is 5.91. The van der Waals surface area contributed by atoms with Crippen molar-refractivity contribution in [1.29, 1.82) is 0 Å². The maximum absolute atomic E-state index is 11.6. The highest BCUT2D eigenvalue weighted by atomic mass is 16.8. The van der Waals surface area contributed by atoms with Crippen molar-refractivity contribution in [3.05, 3.63) is 0 Å². The Morgan fingerprint density at radius 3 is 1.58 bits per heavy atom. The molecule has 3 atom stereocenters. The smallest absolute Gasteiger partial charge is 0.463 e. The van der Waals surface area contributed by atoms with Crippen LogP contribution in [0, 0.1) is 5.92 Å². The normalized spacial score (nSPS) is 15.5. The van der Waals surface area contributed by atoms with E-state index in [9.17, 15) is 14.4 Å². The molecule has 3 unspecified atom stereocenters. The summed E-state index contributed by atoms with van der Waals surface area (Å²) in [5, 5.41) is 18.2. The summed E-state index contributed by atoms with van der Waals surface area (Å²) >= 11 is 0. The zero-order valence-electron chi connectivity index (χ0n) is 15.7. The minimum Gasteiger partial charge on any atom is -0.463 e. The van der Waals surface area contributed by atoms with E-state index in [1.165, 1.54) is 20.8 Å². The molecule has 0 aliphatic carbocycles. The molecule has 10 heteroatoms. The Hall–Kier alpha value is -1.91. The molecule has 0 heterocycles. The first-order valence-corrected chi connectivity index (χ1v) is 8.21. The predicted molar refractivity (Wildman–Crippen MR) is 86.9 cm³/mol. The van der Waals surface area contributed by atoms with Crippen molar-refractivity contribution in [2.75, 3.05) is 19.8 Å². The summed E-state index contributed by atoms with van der Waals surface area (Å²) in [5.74, 6) is -2.47. The van der Waals surface area contributed by atoms with Gasteiger partial charge in [-0.25, -0.2) is 14.4 Å². The lowest BCUT2D eigenvalue weighted by atomic mass is 10.2. The number of carbonyl (C=O) groups is 3. The highest BCUT2D eigenvalue weighted by molar-refractivity contribution is 5.74. The van der Waals surface area contributed by atoms with Gasteiger partial charge in [0.15, 0.2) is 0 Å². The van der Waals surface area contributed by atoms with Gasteiger partial charge in [0.05, 0.1) is 12.0 Å². The fourth-order valence-corrected chi connectivity index (χ4v) is 1.55. The van der Waals surface area contributed by atoms with Crippen molar-refractivity contribution < 1.29 is 48.3 Å². The molecule has 0 aromatic rings. The number of aliphatic hydroxyl groups is 2. The average Bonchev–Trinajstić information content (AvgIpc) is 2.52. The van der Waals surface area contributed by atoms with Gasteiger partial charge in [-0.3, -0.25) is 0 Å². The number of hydrogen-bond acceptors (Lipinski definition) is 10. The molecule has 0 aromatic heterocycles. The van der Waals surface area contributed by atoms with Crippen LogP contribution in [0.15, 0.2) is 0 Å². The van der Waals surface area contributed by atoms with Gasteiger partial charge in [0.1, 0.15) is 32.0 Å². The summed E-state index contributed by atoms with van der Waals surface area (Å²) in [5.41, 5.74) is 0. The molecule has 0 aliphatic rings. The molecule has 10 nitrogen and oxygen atoms in total. The second-order valence-corrected chi connectivity index (χ2v) is 5.91. The number of aliphatic hydroxyl groups excluding tert-OH is 2. The maximum atomic E-state index is 11.6. The molecule has 0 rings (SSSR count). The molecule has 0 saturated heterocycles. The first-order valence-electron chi connectivity index (χ1n) is 8.21. The molecule has 0 aromatic carbocycles. The zero-order chi connectivity index (χ0) is 20.3. The van der Waals surface area contributed by atoms with E-state index in [0.717, 1.165) is 0 Å². The third kappa shape index (κ3) is 11.6. The van der Waals surface area contributed by atoms with Crippen molar-refractivity contribution >= 4 is 18.1 Å². The quantitative estimate of drug-likeness (QED) is 0.294. The monoisotopic (exact) mass is 380 g/mol. The van der Waals surface area contributed by atoms with E-state index in [2.05, 4.69) is 0 Å². The fourth-order valence-electron chi connectivity index (χ4n) is 1.55. The molecular weight excluding hydrogens is 352 g/mol. The van der Waals surface area contributed by atoms with E-state index in [-0.39, 0.29) is 25.9 Å². The van der Waals surface area contributed by atoms with Gasteiger partial charge in [-0.1, -0.05) is 0 Å². The maximum Gasteiger partial charge on any atom is 0.510 e. The number of hydrogen-bond donors (Lipinski definition) is 2. The van der Waals surface area contributed by atoms with Gasteiger partial charge >= 0.3 is 18.1 Å². The first-order chi connectivity index (χ1) is 12.0. The van der Waals surface area contributed by atoms with E-state index in [0.29, 0.717) is 0 Å². The second kappa shape index (κ2) is 12.4. The fraction of sp³-hybridized carbons (Fsp3) is 0.812. The third-order valence-electron chi connectivity index (χ3n) is 2.77. The summed E-state index contributed by atoms with van der Waals surface area (Å²) in [6.07, 6.45) is -4.62. The van der Waals surface area contributed by atoms with E-state index in [1.54, 1.807) is 13.8 Å². The third-order valence-corrected chi connectivity index (χ3v) is 2.77. The van der Waals surface area contributed by atoms with Gasteiger partial charge in [0, 0.05) is 0 Å². The number of carbonyl (C=O) groups excluding carboxylic acids is 3. The molecule has 0 aliphatic heterocycles. The van der Waals surface area contributed by atoms with Gasteiger partial charge in [-0.05, 0) is 34.6 Å². The van der Waals surface area contributed by atoms with Gasteiger partial charge in [0.25, 0.3) is 0 Å². The van der Waals surface area contributed by atoms with Crippen LogP contribution in [0.3, 0.4) is 0 Å². The molecule has 0 radical (unpaired) electrons. The largest absolute Gasteiger partial charge is 0.510 e. The van der Waals surface area contributed by atoms with Crippen LogP contribution in [0.2, 0.25) is 0 Å². The van der Waals surface area contributed by atoms with Crippen molar-refractivity contribution in [3.8, 4) is 0 Å². The minimum absolute atomic E-state index is 0.148. The van der Waals surface area contributed by atoms with Crippen LogP contribution in [-0.4, -0.2) is 72.7 Å². The summed E-state index contributed by atoms with van der Waals surface area (Å²) in [4.78, 5) is 34.2. The van der Waals surface area contributed by atoms with Crippen LogP contribution in [0.1, 0.15) is 34.6 Å². The van der Waals surface area contributed by atoms with Crippen LogP contribution in [0.4, 0.5) is 4.79 Å². The van der Waals surface area contributed by atoms with Gasteiger partial charge in [-0.2, -0.15) is 0 Å². The number of esters is 2. The molecule has 152 valence electrons. The number of rotatable bonds is 11. The SMILES string of the molecule is CC(C)OC(C)OC(=O)OCC(COC(=O)C(C)O)COC(=O)C(C)O. The highest BCUT2D eigenvalue weighted by Gasteiger charge is 2.21. The molecular formula is C16H28O10.